The number of nitrogen functional groups attached to an aromatic ring is 1. The molecule has 2 aliphatic heterocycles. The van der Waals surface area contributed by atoms with Crippen LogP contribution in [-0.2, 0) is 18.3 Å². The molecule has 10 heteroatoms. The number of benzene rings is 1. The minimum Gasteiger partial charge on any atom is -0.473 e. The molecular weight excluding hydrogens is 554 g/mol. The second kappa shape index (κ2) is 11.0. The first kappa shape index (κ1) is 29.1. The van der Waals surface area contributed by atoms with E-state index in [-0.39, 0.29) is 6.10 Å². The van der Waals surface area contributed by atoms with Crippen molar-refractivity contribution in [3.63, 3.8) is 0 Å². The maximum Gasteiger partial charge on any atom is 0.219 e. The number of nitrogens with zero attached hydrogens (tertiary/aromatic N) is 6. The molecule has 2 aliphatic carbocycles. The second-order valence-corrected chi connectivity index (χ2v) is 13.7. The molecular formula is C34H43N7O3. The number of likely N-dealkylation sites (N-methyl/N-ethyl adjacent to an activating group) is 1. The Morgan fingerprint density at radius 1 is 1.14 bits per heavy atom. The largest absolute Gasteiger partial charge is 0.473 e. The van der Waals surface area contributed by atoms with Gasteiger partial charge in [-0.3, -0.25) is 4.90 Å². The van der Waals surface area contributed by atoms with Crippen molar-refractivity contribution in [3.8, 4) is 23.5 Å². The zero-order chi connectivity index (χ0) is 30.6. The molecule has 0 radical (unpaired) electrons. The lowest BCUT2D eigenvalue weighted by molar-refractivity contribution is 0.0611. The van der Waals surface area contributed by atoms with E-state index in [0.717, 1.165) is 106 Å². The molecule has 2 saturated heterocycles. The van der Waals surface area contributed by atoms with Crippen LogP contribution in [0.5, 0.6) is 5.88 Å². The van der Waals surface area contributed by atoms with E-state index >= 15 is 0 Å². The van der Waals surface area contributed by atoms with Gasteiger partial charge in [0.15, 0.2) is 17.3 Å². The standard InChI is InChI=1S/C34H43N7O3/c1-21(26-9-7-16-40(26)3)43-28-18-27(41-17-5-4-13-33(2,42)20-41)37-32(38-28)30-23-8-6-14-34(31(23)44-39-30)15-12-22-10-11-25(36)24(19-35)29(22)34/h10-11,18,21,26,42H,4-9,12-17,20,36H2,1-3H3. The topological polar surface area (TPSA) is 138 Å². The number of rotatable bonds is 5. The Morgan fingerprint density at radius 2 is 2.00 bits per heavy atom. The van der Waals surface area contributed by atoms with E-state index in [9.17, 15) is 10.4 Å². The van der Waals surface area contributed by atoms with Crippen LogP contribution in [0.3, 0.4) is 0 Å². The number of hydrogen-bond donors (Lipinski definition) is 2. The van der Waals surface area contributed by atoms with Gasteiger partial charge in [0.2, 0.25) is 5.88 Å². The van der Waals surface area contributed by atoms with E-state index in [2.05, 4.69) is 41.1 Å². The third kappa shape index (κ3) is 4.90. The fourth-order valence-electron chi connectivity index (χ4n) is 8.37. The molecule has 0 amide bonds. The Balaban J connectivity index is 1.32. The molecule has 2 aromatic heterocycles. The summed E-state index contributed by atoms with van der Waals surface area (Å²) in [6.45, 7) is 6.36. The second-order valence-electron chi connectivity index (χ2n) is 13.7. The van der Waals surface area contributed by atoms with Gasteiger partial charge in [-0.1, -0.05) is 11.2 Å². The van der Waals surface area contributed by atoms with Crippen LogP contribution in [0.1, 0.15) is 93.2 Å². The number of aryl methyl sites for hydroxylation is 1. The van der Waals surface area contributed by atoms with Gasteiger partial charge < -0.3 is 25.0 Å². The van der Waals surface area contributed by atoms with Crippen molar-refractivity contribution in [2.24, 2.45) is 0 Å². The molecule has 4 atom stereocenters. The SMILES string of the molecule is CC(Oc1cc(N2CCCCC(C)(O)C2)nc(-c2noc3c2CCCC32CCc3ccc(N)c(C#N)c32)n1)C1CCCN1C. The van der Waals surface area contributed by atoms with Crippen LogP contribution >= 0.6 is 0 Å². The van der Waals surface area contributed by atoms with E-state index in [1.54, 1.807) is 0 Å². The van der Waals surface area contributed by atoms with Crippen LogP contribution in [0.15, 0.2) is 22.7 Å². The van der Waals surface area contributed by atoms with Crippen LogP contribution in [0, 0.1) is 11.3 Å². The summed E-state index contributed by atoms with van der Waals surface area (Å²) in [4.78, 5) is 14.5. The van der Waals surface area contributed by atoms with Crippen LogP contribution < -0.4 is 15.4 Å². The van der Waals surface area contributed by atoms with Gasteiger partial charge in [-0.05, 0) is 109 Å². The smallest absolute Gasteiger partial charge is 0.219 e. The molecule has 4 unspecified atom stereocenters. The molecule has 232 valence electrons. The van der Waals surface area contributed by atoms with Crippen molar-refractivity contribution in [2.45, 2.75) is 101 Å². The van der Waals surface area contributed by atoms with Gasteiger partial charge in [-0.15, -0.1) is 0 Å². The summed E-state index contributed by atoms with van der Waals surface area (Å²) in [5.74, 6) is 2.53. The fraction of sp³-hybridized carbons (Fsp3) is 0.588. The molecule has 44 heavy (non-hydrogen) atoms. The van der Waals surface area contributed by atoms with Crippen LogP contribution in [0.4, 0.5) is 11.5 Å². The molecule has 0 saturated carbocycles. The number of aromatic nitrogens is 3. The Kier molecular flexibility index (Phi) is 7.29. The number of aliphatic hydroxyl groups is 1. The van der Waals surface area contributed by atoms with Crippen molar-refractivity contribution in [1.82, 2.24) is 20.0 Å². The molecule has 4 heterocycles. The van der Waals surface area contributed by atoms with Crippen molar-refractivity contribution < 1.29 is 14.4 Å². The fourth-order valence-corrected chi connectivity index (χ4v) is 8.37. The average molecular weight is 598 g/mol. The number of nitrogens with two attached hydrogens (primary N) is 1. The number of nitriles is 1. The quantitative estimate of drug-likeness (QED) is 0.396. The number of fused-ring (bicyclic) bond motifs is 4. The lowest BCUT2D eigenvalue weighted by Crippen LogP contribution is -2.40. The first-order valence-electron chi connectivity index (χ1n) is 16.2. The van der Waals surface area contributed by atoms with Crippen molar-refractivity contribution >= 4 is 11.5 Å². The zero-order valence-electron chi connectivity index (χ0n) is 26.1. The van der Waals surface area contributed by atoms with Gasteiger partial charge >= 0.3 is 0 Å². The van der Waals surface area contributed by atoms with E-state index in [0.29, 0.717) is 41.2 Å². The molecule has 0 bridgehead atoms. The van der Waals surface area contributed by atoms with Crippen LogP contribution in [0.25, 0.3) is 11.5 Å². The van der Waals surface area contributed by atoms with E-state index in [4.69, 9.17) is 25.0 Å². The van der Waals surface area contributed by atoms with Crippen molar-refractivity contribution in [1.29, 1.82) is 5.26 Å². The summed E-state index contributed by atoms with van der Waals surface area (Å²) in [5.41, 5.74) is 9.93. The number of β-amino-alcohol motifs (C(OH)–C–C–N with tert-alkyl or cyclic N) is 1. The van der Waals surface area contributed by atoms with Gasteiger partial charge in [-0.2, -0.15) is 10.2 Å². The Hall–Kier alpha value is -3.68. The minimum absolute atomic E-state index is 0.0512. The van der Waals surface area contributed by atoms with Gasteiger partial charge in [0.1, 0.15) is 18.0 Å². The maximum absolute atomic E-state index is 11.1. The Morgan fingerprint density at radius 3 is 2.80 bits per heavy atom. The highest BCUT2D eigenvalue weighted by atomic mass is 16.5. The number of ether oxygens (including phenoxy) is 1. The lowest BCUT2D eigenvalue weighted by atomic mass is 9.68. The lowest BCUT2D eigenvalue weighted by Gasteiger charge is -2.33. The van der Waals surface area contributed by atoms with Gasteiger partial charge in [-0.25, -0.2) is 4.98 Å². The summed E-state index contributed by atoms with van der Waals surface area (Å²) in [7, 11) is 2.15. The molecule has 10 nitrogen and oxygen atoms in total. The highest BCUT2D eigenvalue weighted by molar-refractivity contribution is 5.68. The number of anilines is 2. The summed E-state index contributed by atoms with van der Waals surface area (Å²) in [6, 6.07) is 8.52. The zero-order valence-corrected chi connectivity index (χ0v) is 26.1. The van der Waals surface area contributed by atoms with Crippen molar-refractivity contribution in [3.05, 3.63) is 46.2 Å². The van der Waals surface area contributed by atoms with E-state index < -0.39 is 11.0 Å². The molecule has 7 rings (SSSR count). The molecule has 3 N–H and O–H groups in total. The third-order valence-electron chi connectivity index (χ3n) is 10.6. The minimum atomic E-state index is -0.807. The Bertz CT molecular complexity index is 1610. The van der Waals surface area contributed by atoms with Crippen LogP contribution in [0.2, 0.25) is 0 Å². The molecule has 4 aliphatic rings. The predicted octanol–water partition coefficient (Wildman–Crippen LogP) is 4.76. The van der Waals surface area contributed by atoms with Gasteiger partial charge in [0, 0.05) is 36.4 Å². The monoisotopic (exact) mass is 597 g/mol. The molecule has 1 spiro atoms. The summed E-state index contributed by atoms with van der Waals surface area (Å²) in [5, 5.41) is 25.8. The van der Waals surface area contributed by atoms with Crippen LogP contribution in [-0.4, -0.2) is 69.6 Å². The summed E-state index contributed by atoms with van der Waals surface area (Å²) < 4.78 is 12.8. The molecule has 3 aromatic rings. The molecule has 2 fully saturated rings. The predicted molar refractivity (Wildman–Crippen MR) is 168 cm³/mol. The van der Waals surface area contributed by atoms with E-state index in [1.165, 1.54) is 0 Å². The third-order valence-corrected chi connectivity index (χ3v) is 10.6. The average Bonchev–Trinajstić information content (AvgIpc) is 3.69. The van der Waals surface area contributed by atoms with Gasteiger partial charge in [0.25, 0.3) is 0 Å². The maximum atomic E-state index is 11.1. The Labute approximate surface area is 259 Å². The van der Waals surface area contributed by atoms with Crippen molar-refractivity contribution in [2.75, 3.05) is 37.3 Å². The first-order valence-corrected chi connectivity index (χ1v) is 16.2. The number of hydrogen-bond acceptors (Lipinski definition) is 10. The number of likely N-dealkylation sites (tertiary alicyclic amines) is 1. The summed E-state index contributed by atoms with van der Waals surface area (Å²) >= 11 is 0. The first-order chi connectivity index (χ1) is 21.2. The normalized spacial score (nSPS) is 27.5. The highest BCUT2D eigenvalue weighted by Gasteiger charge is 2.49. The summed E-state index contributed by atoms with van der Waals surface area (Å²) in [6.07, 6.45) is 9.22. The highest BCUT2D eigenvalue weighted by Crippen LogP contribution is 2.54. The van der Waals surface area contributed by atoms with E-state index in [1.807, 2.05) is 19.1 Å². The van der Waals surface area contributed by atoms with Gasteiger partial charge in [0.05, 0.1) is 16.6 Å². The molecule has 1 aromatic carbocycles.